The van der Waals surface area contributed by atoms with E-state index in [2.05, 4.69) is 22.2 Å². The molecule has 0 spiro atoms. The summed E-state index contributed by atoms with van der Waals surface area (Å²) < 4.78 is 7.66. The molecule has 0 unspecified atom stereocenters. The summed E-state index contributed by atoms with van der Waals surface area (Å²) in [6, 6.07) is 2.39. The van der Waals surface area contributed by atoms with Gasteiger partial charge in [-0.05, 0) is 6.92 Å². The Morgan fingerprint density at radius 1 is 1.50 bits per heavy atom. The predicted octanol–water partition coefficient (Wildman–Crippen LogP) is 0.858. The summed E-state index contributed by atoms with van der Waals surface area (Å²) in [5, 5.41) is 3.35. The number of fused-ring (bicyclic) bond motifs is 1. The van der Waals surface area contributed by atoms with Gasteiger partial charge in [-0.25, -0.2) is 9.97 Å². The lowest BCUT2D eigenvalue weighted by Gasteiger charge is -2.11. The number of nitrogens with zero attached hydrogens (tertiary/aromatic N) is 3. The second kappa shape index (κ2) is 3.75. The first kappa shape index (κ1) is 9.59. The molecule has 1 aliphatic rings. The van der Waals surface area contributed by atoms with Gasteiger partial charge in [-0.3, -0.25) is 4.40 Å². The molecule has 3 heterocycles. The minimum atomic E-state index is 0.222. The van der Waals surface area contributed by atoms with Crippen LogP contribution in [-0.4, -0.2) is 33.1 Å². The Balaban J connectivity index is 1.78. The van der Waals surface area contributed by atoms with Gasteiger partial charge in [-0.1, -0.05) is 0 Å². The molecule has 84 valence electrons. The lowest BCUT2D eigenvalue weighted by atomic mass is 10.2. The normalized spacial score (nSPS) is 25.1. The van der Waals surface area contributed by atoms with Crippen molar-refractivity contribution in [2.75, 3.05) is 6.54 Å². The Bertz CT molecular complexity index is 495. The van der Waals surface area contributed by atoms with Gasteiger partial charge in [-0.2, -0.15) is 0 Å². The summed E-state index contributed by atoms with van der Waals surface area (Å²) in [5.74, 6) is 0.652. The van der Waals surface area contributed by atoms with Crippen molar-refractivity contribution in [3.8, 4) is 5.88 Å². The van der Waals surface area contributed by atoms with Gasteiger partial charge in [0.25, 0.3) is 0 Å². The van der Waals surface area contributed by atoms with Crippen LogP contribution in [0.15, 0.2) is 24.8 Å². The van der Waals surface area contributed by atoms with Crippen molar-refractivity contribution in [1.29, 1.82) is 0 Å². The van der Waals surface area contributed by atoms with Gasteiger partial charge in [0.2, 0.25) is 5.88 Å². The minimum Gasteiger partial charge on any atom is -0.473 e. The third kappa shape index (κ3) is 1.74. The summed E-state index contributed by atoms with van der Waals surface area (Å²) in [6.45, 7) is 3.05. The van der Waals surface area contributed by atoms with Crippen LogP contribution in [0.4, 0.5) is 0 Å². The minimum absolute atomic E-state index is 0.222. The van der Waals surface area contributed by atoms with Crippen LogP contribution in [0.25, 0.3) is 5.65 Å². The zero-order chi connectivity index (χ0) is 11.0. The third-order valence-electron chi connectivity index (χ3n) is 2.86. The van der Waals surface area contributed by atoms with E-state index >= 15 is 0 Å². The molecule has 0 radical (unpaired) electrons. The number of nitrogens with one attached hydrogen (secondary N) is 1. The van der Waals surface area contributed by atoms with E-state index in [1.165, 1.54) is 0 Å². The van der Waals surface area contributed by atoms with Crippen LogP contribution in [0.2, 0.25) is 0 Å². The number of hydrogen-bond acceptors (Lipinski definition) is 4. The third-order valence-corrected chi connectivity index (χ3v) is 2.86. The summed E-state index contributed by atoms with van der Waals surface area (Å²) in [4.78, 5) is 8.44. The van der Waals surface area contributed by atoms with Crippen LogP contribution in [0, 0.1) is 0 Å². The van der Waals surface area contributed by atoms with Gasteiger partial charge in [0.05, 0.1) is 0 Å². The molecule has 0 bridgehead atoms. The van der Waals surface area contributed by atoms with Crippen LogP contribution in [0.1, 0.15) is 13.3 Å². The average Bonchev–Trinajstić information content (AvgIpc) is 2.87. The molecule has 0 saturated carbocycles. The van der Waals surface area contributed by atoms with Crippen molar-refractivity contribution < 1.29 is 4.74 Å². The maximum absolute atomic E-state index is 5.80. The van der Waals surface area contributed by atoms with Crippen LogP contribution >= 0.6 is 0 Å². The molecule has 1 aliphatic heterocycles. The van der Waals surface area contributed by atoms with E-state index in [0.717, 1.165) is 18.6 Å². The Labute approximate surface area is 93.5 Å². The average molecular weight is 218 g/mol. The van der Waals surface area contributed by atoms with E-state index in [4.69, 9.17) is 4.74 Å². The fourth-order valence-corrected chi connectivity index (χ4v) is 2.02. The molecule has 1 fully saturated rings. The van der Waals surface area contributed by atoms with Crippen LogP contribution in [0.3, 0.4) is 0 Å². The highest BCUT2D eigenvalue weighted by Crippen LogP contribution is 2.15. The van der Waals surface area contributed by atoms with Gasteiger partial charge in [-0.15, -0.1) is 0 Å². The predicted molar refractivity (Wildman–Crippen MR) is 59.5 cm³/mol. The quantitative estimate of drug-likeness (QED) is 0.812. The van der Waals surface area contributed by atoms with Crippen LogP contribution in [0.5, 0.6) is 5.88 Å². The second-order valence-electron chi connectivity index (χ2n) is 4.20. The highest BCUT2D eigenvalue weighted by atomic mass is 16.5. The van der Waals surface area contributed by atoms with Gasteiger partial charge < -0.3 is 10.1 Å². The topological polar surface area (TPSA) is 51.5 Å². The lowest BCUT2D eigenvalue weighted by molar-refractivity contribution is 0.211. The monoisotopic (exact) mass is 218 g/mol. The SMILES string of the molecule is C[C@H]1C[C@@H](Oc2cc3nccn3cn2)CN1. The molecule has 3 rings (SSSR count). The molecule has 0 aromatic carbocycles. The van der Waals surface area contributed by atoms with E-state index in [1.54, 1.807) is 12.5 Å². The smallest absolute Gasteiger partial charge is 0.218 e. The zero-order valence-electron chi connectivity index (χ0n) is 9.13. The molecule has 1 N–H and O–H groups in total. The van der Waals surface area contributed by atoms with Gasteiger partial charge in [0.1, 0.15) is 18.1 Å². The molecule has 5 nitrogen and oxygen atoms in total. The van der Waals surface area contributed by atoms with E-state index in [-0.39, 0.29) is 6.10 Å². The molecule has 1 saturated heterocycles. The first-order valence-corrected chi connectivity index (χ1v) is 5.50. The summed E-state index contributed by atoms with van der Waals surface area (Å²) in [5.41, 5.74) is 0.865. The van der Waals surface area contributed by atoms with Gasteiger partial charge in [0.15, 0.2) is 0 Å². The largest absolute Gasteiger partial charge is 0.473 e. The molecular formula is C11H14N4O. The van der Waals surface area contributed by atoms with E-state index in [0.29, 0.717) is 11.9 Å². The molecule has 2 aromatic heterocycles. The van der Waals surface area contributed by atoms with Crippen LogP contribution < -0.4 is 10.1 Å². The van der Waals surface area contributed by atoms with Gasteiger partial charge >= 0.3 is 0 Å². The standard InChI is InChI=1S/C11H14N4O/c1-8-4-9(6-13-8)16-11-5-10-12-2-3-15(10)7-14-11/h2-3,5,7-9,13H,4,6H2,1H3/t8-,9+/m0/s1. The van der Waals surface area contributed by atoms with Crippen molar-refractivity contribution in [2.24, 2.45) is 0 Å². The number of rotatable bonds is 2. The van der Waals surface area contributed by atoms with Crippen LogP contribution in [-0.2, 0) is 0 Å². The number of imidazole rings is 1. The molecule has 0 aliphatic carbocycles. The Morgan fingerprint density at radius 2 is 2.44 bits per heavy atom. The summed E-state index contributed by atoms with van der Waals surface area (Å²) in [6.07, 6.45) is 6.59. The van der Waals surface area contributed by atoms with Gasteiger partial charge in [0, 0.05) is 37.5 Å². The highest BCUT2D eigenvalue weighted by Gasteiger charge is 2.22. The molecule has 0 amide bonds. The van der Waals surface area contributed by atoms with Crippen molar-refractivity contribution >= 4 is 5.65 Å². The fraction of sp³-hybridized carbons (Fsp3) is 0.455. The number of hydrogen-bond donors (Lipinski definition) is 1. The highest BCUT2D eigenvalue weighted by molar-refractivity contribution is 5.40. The maximum atomic E-state index is 5.80. The van der Waals surface area contributed by atoms with Crippen molar-refractivity contribution in [1.82, 2.24) is 19.7 Å². The first-order chi connectivity index (χ1) is 7.81. The van der Waals surface area contributed by atoms with Crippen molar-refractivity contribution in [2.45, 2.75) is 25.5 Å². The van der Waals surface area contributed by atoms with E-state index < -0.39 is 0 Å². The zero-order valence-corrected chi connectivity index (χ0v) is 9.13. The van der Waals surface area contributed by atoms with Crippen molar-refractivity contribution in [3.63, 3.8) is 0 Å². The Kier molecular flexibility index (Phi) is 2.25. The molecular weight excluding hydrogens is 204 g/mol. The molecule has 2 aromatic rings. The Hall–Kier alpha value is -1.62. The molecule has 5 heteroatoms. The molecule has 2 atom stereocenters. The number of aromatic nitrogens is 3. The fourth-order valence-electron chi connectivity index (χ4n) is 2.02. The maximum Gasteiger partial charge on any atom is 0.218 e. The van der Waals surface area contributed by atoms with E-state index in [1.807, 2.05) is 16.7 Å². The first-order valence-electron chi connectivity index (χ1n) is 5.50. The Morgan fingerprint density at radius 3 is 3.25 bits per heavy atom. The lowest BCUT2D eigenvalue weighted by Crippen LogP contribution is -2.21. The van der Waals surface area contributed by atoms with E-state index in [9.17, 15) is 0 Å². The summed E-state index contributed by atoms with van der Waals surface area (Å²) >= 11 is 0. The number of ether oxygens (including phenoxy) is 1. The van der Waals surface area contributed by atoms with Crippen molar-refractivity contribution in [3.05, 3.63) is 24.8 Å². The second-order valence-corrected chi connectivity index (χ2v) is 4.20. The molecule has 16 heavy (non-hydrogen) atoms. The summed E-state index contributed by atoms with van der Waals surface area (Å²) in [7, 11) is 0.